The van der Waals surface area contributed by atoms with Crippen molar-refractivity contribution >= 4 is 27.5 Å². The van der Waals surface area contributed by atoms with Crippen LogP contribution in [0.4, 0.5) is 5.69 Å². The van der Waals surface area contributed by atoms with Crippen LogP contribution in [0.1, 0.15) is 23.0 Å². The first-order chi connectivity index (χ1) is 11.2. The van der Waals surface area contributed by atoms with Gasteiger partial charge in [-0.1, -0.05) is 30.3 Å². The SMILES string of the molecule is CCn1cc(Br)cc1C(=O)Nc1cnn(Cc2ccccc2)c1. The number of rotatable bonds is 5. The van der Waals surface area contributed by atoms with E-state index in [0.29, 0.717) is 17.9 Å². The zero-order valence-corrected chi connectivity index (χ0v) is 14.3. The molecule has 5 nitrogen and oxygen atoms in total. The number of amides is 1. The van der Waals surface area contributed by atoms with E-state index in [-0.39, 0.29) is 5.91 Å². The van der Waals surface area contributed by atoms with Crippen molar-refractivity contribution in [3.8, 4) is 0 Å². The van der Waals surface area contributed by atoms with Crippen LogP contribution in [0.15, 0.2) is 59.5 Å². The number of nitrogens with one attached hydrogen (secondary N) is 1. The molecule has 0 bridgehead atoms. The lowest BCUT2D eigenvalue weighted by atomic mass is 10.2. The van der Waals surface area contributed by atoms with Gasteiger partial charge in [0.2, 0.25) is 0 Å². The van der Waals surface area contributed by atoms with Crippen LogP contribution in [0, 0.1) is 0 Å². The molecule has 3 rings (SSSR count). The first-order valence-electron chi connectivity index (χ1n) is 7.39. The quantitative estimate of drug-likeness (QED) is 0.740. The molecule has 2 aromatic heterocycles. The van der Waals surface area contributed by atoms with Crippen LogP contribution >= 0.6 is 15.9 Å². The molecule has 6 heteroatoms. The Hall–Kier alpha value is -2.34. The summed E-state index contributed by atoms with van der Waals surface area (Å²) in [5.41, 5.74) is 2.47. The van der Waals surface area contributed by atoms with Gasteiger partial charge in [-0.05, 0) is 34.5 Å². The fraction of sp³-hybridized carbons (Fsp3) is 0.176. The third-order valence-corrected chi connectivity index (χ3v) is 3.95. The molecular weight excluding hydrogens is 356 g/mol. The van der Waals surface area contributed by atoms with Gasteiger partial charge in [0.1, 0.15) is 5.69 Å². The van der Waals surface area contributed by atoms with E-state index in [0.717, 1.165) is 16.6 Å². The van der Waals surface area contributed by atoms with Crippen LogP contribution in [0.2, 0.25) is 0 Å². The van der Waals surface area contributed by atoms with E-state index in [4.69, 9.17) is 0 Å². The van der Waals surface area contributed by atoms with E-state index in [2.05, 4.69) is 26.3 Å². The molecule has 0 radical (unpaired) electrons. The summed E-state index contributed by atoms with van der Waals surface area (Å²) < 4.78 is 4.59. The molecule has 0 aliphatic heterocycles. The zero-order valence-electron chi connectivity index (χ0n) is 12.7. The van der Waals surface area contributed by atoms with Gasteiger partial charge in [0.25, 0.3) is 5.91 Å². The minimum atomic E-state index is -0.142. The highest BCUT2D eigenvalue weighted by molar-refractivity contribution is 9.10. The summed E-state index contributed by atoms with van der Waals surface area (Å²) in [5.74, 6) is -0.142. The lowest BCUT2D eigenvalue weighted by Crippen LogP contribution is -2.16. The summed E-state index contributed by atoms with van der Waals surface area (Å²) in [6, 6.07) is 11.9. The smallest absolute Gasteiger partial charge is 0.272 e. The monoisotopic (exact) mass is 372 g/mol. The number of aromatic nitrogens is 3. The third-order valence-electron chi connectivity index (χ3n) is 3.52. The Morgan fingerprint density at radius 1 is 1.26 bits per heavy atom. The van der Waals surface area contributed by atoms with Crippen molar-refractivity contribution in [2.75, 3.05) is 5.32 Å². The average Bonchev–Trinajstić information content (AvgIpc) is 3.14. The number of anilines is 1. The summed E-state index contributed by atoms with van der Waals surface area (Å²) in [5, 5.41) is 7.18. The Balaban J connectivity index is 1.70. The van der Waals surface area contributed by atoms with Crippen molar-refractivity contribution in [2.24, 2.45) is 0 Å². The Morgan fingerprint density at radius 3 is 2.78 bits per heavy atom. The van der Waals surface area contributed by atoms with E-state index in [1.165, 1.54) is 0 Å². The molecule has 23 heavy (non-hydrogen) atoms. The van der Waals surface area contributed by atoms with Gasteiger partial charge in [-0.25, -0.2) is 0 Å². The van der Waals surface area contributed by atoms with Crippen molar-refractivity contribution in [3.63, 3.8) is 0 Å². The van der Waals surface area contributed by atoms with Crippen LogP contribution in [0.25, 0.3) is 0 Å². The molecule has 0 aliphatic rings. The first-order valence-corrected chi connectivity index (χ1v) is 8.18. The average molecular weight is 373 g/mol. The van der Waals surface area contributed by atoms with Gasteiger partial charge in [0.05, 0.1) is 18.4 Å². The summed E-state index contributed by atoms with van der Waals surface area (Å²) in [4.78, 5) is 12.4. The van der Waals surface area contributed by atoms with Gasteiger partial charge >= 0.3 is 0 Å². The second-order valence-corrected chi connectivity index (χ2v) is 6.11. The Bertz CT molecular complexity index is 807. The predicted molar refractivity (Wildman–Crippen MR) is 93.5 cm³/mol. The predicted octanol–water partition coefficient (Wildman–Crippen LogP) is 3.77. The second-order valence-electron chi connectivity index (χ2n) is 5.20. The van der Waals surface area contributed by atoms with E-state index >= 15 is 0 Å². The Labute approximate surface area is 143 Å². The first kappa shape index (κ1) is 15.6. The largest absolute Gasteiger partial charge is 0.343 e. The summed E-state index contributed by atoms with van der Waals surface area (Å²) >= 11 is 3.40. The molecule has 0 fully saturated rings. The number of carbonyl (C=O) groups excluding carboxylic acids is 1. The van der Waals surface area contributed by atoms with E-state index in [9.17, 15) is 4.79 Å². The fourth-order valence-electron chi connectivity index (χ4n) is 2.41. The minimum absolute atomic E-state index is 0.142. The van der Waals surface area contributed by atoms with Crippen molar-refractivity contribution in [1.29, 1.82) is 0 Å². The molecule has 1 amide bonds. The maximum atomic E-state index is 12.4. The molecule has 3 aromatic rings. The second kappa shape index (κ2) is 6.83. The number of aryl methyl sites for hydroxylation is 1. The highest BCUT2D eigenvalue weighted by Crippen LogP contribution is 2.17. The van der Waals surface area contributed by atoms with E-state index < -0.39 is 0 Å². The lowest BCUT2D eigenvalue weighted by molar-refractivity contribution is 0.101. The third kappa shape index (κ3) is 3.71. The lowest BCUT2D eigenvalue weighted by Gasteiger charge is -2.05. The van der Waals surface area contributed by atoms with Gasteiger partial charge in [0.15, 0.2) is 0 Å². The highest BCUT2D eigenvalue weighted by Gasteiger charge is 2.13. The molecule has 0 aliphatic carbocycles. The van der Waals surface area contributed by atoms with Crippen molar-refractivity contribution in [1.82, 2.24) is 14.3 Å². The number of benzene rings is 1. The summed E-state index contributed by atoms with van der Waals surface area (Å²) in [7, 11) is 0. The molecule has 0 saturated carbocycles. The Morgan fingerprint density at radius 2 is 2.04 bits per heavy atom. The van der Waals surface area contributed by atoms with Crippen LogP contribution in [-0.2, 0) is 13.1 Å². The van der Waals surface area contributed by atoms with Crippen LogP contribution in [0.5, 0.6) is 0 Å². The molecule has 2 heterocycles. The van der Waals surface area contributed by atoms with Crippen molar-refractivity contribution in [2.45, 2.75) is 20.0 Å². The zero-order chi connectivity index (χ0) is 16.2. The van der Waals surface area contributed by atoms with Crippen LogP contribution in [0.3, 0.4) is 0 Å². The maximum Gasteiger partial charge on any atom is 0.272 e. The molecule has 0 saturated heterocycles. The minimum Gasteiger partial charge on any atom is -0.343 e. The van der Waals surface area contributed by atoms with Crippen molar-refractivity contribution in [3.05, 3.63) is 70.7 Å². The van der Waals surface area contributed by atoms with Gasteiger partial charge in [-0.15, -0.1) is 0 Å². The standard InChI is InChI=1S/C17H17BrN4O/c1-2-21-11-14(18)8-16(21)17(23)20-15-9-19-22(12-15)10-13-6-4-3-5-7-13/h3-9,11-12H,2,10H2,1H3,(H,20,23). The highest BCUT2D eigenvalue weighted by atomic mass is 79.9. The molecular formula is C17H17BrN4O. The molecule has 0 atom stereocenters. The number of halogens is 1. The molecule has 118 valence electrons. The van der Waals surface area contributed by atoms with E-state index in [1.54, 1.807) is 10.9 Å². The van der Waals surface area contributed by atoms with Gasteiger partial charge in [-0.2, -0.15) is 5.10 Å². The summed E-state index contributed by atoms with van der Waals surface area (Å²) in [6.45, 7) is 3.41. The van der Waals surface area contributed by atoms with Crippen LogP contribution < -0.4 is 5.32 Å². The topological polar surface area (TPSA) is 51.9 Å². The fourth-order valence-corrected chi connectivity index (χ4v) is 2.87. The number of hydrogen-bond donors (Lipinski definition) is 1. The van der Waals surface area contributed by atoms with Crippen LogP contribution in [-0.4, -0.2) is 20.3 Å². The van der Waals surface area contributed by atoms with Gasteiger partial charge in [0, 0.05) is 23.4 Å². The summed E-state index contributed by atoms with van der Waals surface area (Å²) in [6.07, 6.45) is 5.39. The Kier molecular flexibility index (Phi) is 4.62. The maximum absolute atomic E-state index is 12.4. The van der Waals surface area contributed by atoms with Gasteiger partial charge in [-0.3, -0.25) is 9.48 Å². The molecule has 1 aromatic carbocycles. The molecule has 1 N–H and O–H groups in total. The van der Waals surface area contributed by atoms with E-state index in [1.807, 2.05) is 60.3 Å². The molecule has 0 spiro atoms. The van der Waals surface area contributed by atoms with Crippen molar-refractivity contribution < 1.29 is 4.79 Å². The van der Waals surface area contributed by atoms with Gasteiger partial charge < -0.3 is 9.88 Å². The number of carbonyl (C=O) groups is 1. The molecule has 0 unspecified atom stereocenters. The number of nitrogens with zero attached hydrogens (tertiary/aromatic N) is 3. The number of hydrogen-bond acceptors (Lipinski definition) is 2. The normalized spacial score (nSPS) is 10.7.